The summed E-state index contributed by atoms with van der Waals surface area (Å²) in [5.74, 6) is 1.56. The average Bonchev–Trinajstić information content (AvgIpc) is 2.77. The molecule has 1 saturated heterocycles. The molecule has 18 heavy (non-hydrogen) atoms. The quantitative estimate of drug-likeness (QED) is 0.839. The summed E-state index contributed by atoms with van der Waals surface area (Å²) in [4.78, 5) is 0. The molecule has 1 aliphatic heterocycles. The van der Waals surface area contributed by atoms with E-state index in [2.05, 4.69) is 15.9 Å². The van der Waals surface area contributed by atoms with Gasteiger partial charge in [0.1, 0.15) is 5.75 Å². The van der Waals surface area contributed by atoms with Crippen molar-refractivity contribution >= 4 is 37.7 Å². The van der Waals surface area contributed by atoms with Crippen LogP contribution in [0.15, 0.2) is 22.7 Å². The SMILES string of the molecule is COc1ccc([C@H]2SCCN2S(C)(=O)=O)cc1Br. The Morgan fingerprint density at radius 3 is 2.78 bits per heavy atom. The van der Waals surface area contributed by atoms with Gasteiger partial charge in [-0.1, -0.05) is 6.07 Å². The molecular weight excluding hydrogens is 338 g/mol. The Bertz CT molecular complexity index is 547. The number of hydrogen-bond donors (Lipinski definition) is 0. The third-order valence-corrected chi connectivity index (χ3v) is 6.00. The molecule has 1 atom stereocenters. The van der Waals surface area contributed by atoms with Gasteiger partial charge in [0.2, 0.25) is 10.0 Å². The maximum Gasteiger partial charge on any atom is 0.212 e. The van der Waals surface area contributed by atoms with Gasteiger partial charge in [0, 0.05) is 12.3 Å². The number of ether oxygens (including phenoxy) is 1. The molecule has 0 amide bonds. The minimum Gasteiger partial charge on any atom is -0.496 e. The van der Waals surface area contributed by atoms with Crippen molar-refractivity contribution < 1.29 is 13.2 Å². The Morgan fingerprint density at radius 1 is 1.50 bits per heavy atom. The largest absolute Gasteiger partial charge is 0.496 e. The van der Waals surface area contributed by atoms with Crippen LogP contribution in [0.2, 0.25) is 0 Å². The number of nitrogens with zero attached hydrogens (tertiary/aromatic N) is 1. The van der Waals surface area contributed by atoms with Gasteiger partial charge >= 0.3 is 0 Å². The Labute approximate surface area is 120 Å². The fraction of sp³-hybridized carbons (Fsp3) is 0.455. The van der Waals surface area contributed by atoms with E-state index in [4.69, 9.17) is 4.74 Å². The predicted octanol–water partition coefficient (Wildman–Crippen LogP) is 2.46. The Balaban J connectivity index is 2.34. The lowest BCUT2D eigenvalue weighted by Gasteiger charge is -2.21. The molecule has 2 rings (SSSR count). The molecule has 0 spiro atoms. The van der Waals surface area contributed by atoms with Crippen LogP contribution in [0.3, 0.4) is 0 Å². The monoisotopic (exact) mass is 351 g/mol. The number of rotatable bonds is 3. The Kier molecular flexibility index (Phi) is 4.25. The summed E-state index contributed by atoms with van der Waals surface area (Å²) in [6.07, 6.45) is 1.25. The summed E-state index contributed by atoms with van der Waals surface area (Å²) in [6, 6.07) is 5.67. The second-order valence-electron chi connectivity index (χ2n) is 3.99. The normalized spacial score (nSPS) is 21.2. The topological polar surface area (TPSA) is 46.6 Å². The zero-order valence-electron chi connectivity index (χ0n) is 10.1. The molecule has 100 valence electrons. The van der Waals surface area contributed by atoms with Gasteiger partial charge in [-0.25, -0.2) is 8.42 Å². The van der Waals surface area contributed by atoms with Crippen LogP contribution in [0.25, 0.3) is 0 Å². The van der Waals surface area contributed by atoms with Crippen LogP contribution in [0.1, 0.15) is 10.9 Å². The summed E-state index contributed by atoms with van der Waals surface area (Å²) in [5, 5.41) is -0.137. The van der Waals surface area contributed by atoms with E-state index in [1.807, 2.05) is 18.2 Å². The third kappa shape index (κ3) is 2.84. The number of benzene rings is 1. The number of methoxy groups -OCH3 is 1. The number of hydrogen-bond acceptors (Lipinski definition) is 4. The van der Waals surface area contributed by atoms with E-state index in [0.29, 0.717) is 6.54 Å². The third-order valence-electron chi connectivity index (χ3n) is 2.74. The lowest BCUT2D eigenvalue weighted by molar-refractivity contribution is 0.411. The van der Waals surface area contributed by atoms with E-state index in [-0.39, 0.29) is 5.37 Å². The minimum absolute atomic E-state index is 0.137. The van der Waals surface area contributed by atoms with E-state index in [9.17, 15) is 8.42 Å². The van der Waals surface area contributed by atoms with Gasteiger partial charge in [-0.3, -0.25) is 0 Å². The van der Waals surface area contributed by atoms with Gasteiger partial charge in [-0.15, -0.1) is 11.8 Å². The lowest BCUT2D eigenvalue weighted by atomic mass is 10.2. The molecule has 1 aromatic rings. The van der Waals surface area contributed by atoms with Gasteiger partial charge in [0.15, 0.2) is 0 Å². The van der Waals surface area contributed by atoms with E-state index in [0.717, 1.165) is 21.5 Å². The highest BCUT2D eigenvalue weighted by Gasteiger charge is 2.33. The van der Waals surface area contributed by atoms with Crippen LogP contribution in [0.4, 0.5) is 0 Å². The van der Waals surface area contributed by atoms with Crippen molar-refractivity contribution in [3.63, 3.8) is 0 Å². The number of thioether (sulfide) groups is 1. The van der Waals surface area contributed by atoms with Crippen LogP contribution in [-0.2, 0) is 10.0 Å². The van der Waals surface area contributed by atoms with E-state index < -0.39 is 10.0 Å². The first-order valence-corrected chi connectivity index (χ1v) is 9.04. The lowest BCUT2D eigenvalue weighted by Crippen LogP contribution is -2.29. The van der Waals surface area contributed by atoms with Crippen LogP contribution in [-0.4, -0.2) is 38.4 Å². The van der Waals surface area contributed by atoms with Gasteiger partial charge in [-0.2, -0.15) is 4.31 Å². The molecule has 1 fully saturated rings. The molecule has 0 saturated carbocycles. The summed E-state index contributed by atoms with van der Waals surface area (Å²) in [6.45, 7) is 0.567. The second-order valence-corrected chi connectivity index (χ2v) is 7.97. The summed E-state index contributed by atoms with van der Waals surface area (Å²) >= 11 is 5.06. The highest BCUT2D eigenvalue weighted by atomic mass is 79.9. The maximum absolute atomic E-state index is 11.7. The van der Waals surface area contributed by atoms with Crippen molar-refractivity contribution in [2.24, 2.45) is 0 Å². The number of sulfonamides is 1. The van der Waals surface area contributed by atoms with Crippen molar-refractivity contribution in [3.05, 3.63) is 28.2 Å². The summed E-state index contributed by atoms with van der Waals surface area (Å²) in [7, 11) is -1.56. The first-order chi connectivity index (χ1) is 8.43. The van der Waals surface area contributed by atoms with Crippen LogP contribution < -0.4 is 4.74 Å². The molecule has 0 N–H and O–H groups in total. The van der Waals surface area contributed by atoms with Crippen molar-refractivity contribution in [1.29, 1.82) is 0 Å². The average molecular weight is 352 g/mol. The highest BCUT2D eigenvalue weighted by molar-refractivity contribution is 9.10. The fourth-order valence-electron chi connectivity index (χ4n) is 1.89. The standard InChI is InChI=1S/C11H14BrNO3S2/c1-16-10-4-3-8(7-9(10)12)11-13(5-6-17-11)18(2,14)15/h3-4,7,11H,5-6H2,1-2H3/t11-/m1/s1. The van der Waals surface area contributed by atoms with Crippen molar-refractivity contribution in [1.82, 2.24) is 4.31 Å². The summed E-state index contributed by atoms with van der Waals surface area (Å²) in [5.41, 5.74) is 0.968. The van der Waals surface area contributed by atoms with Gasteiger partial charge in [0.05, 0.1) is 23.2 Å². The number of halogens is 1. The molecule has 0 radical (unpaired) electrons. The zero-order valence-corrected chi connectivity index (χ0v) is 13.3. The molecular formula is C11H14BrNO3S2. The molecule has 1 aromatic carbocycles. The Morgan fingerprint density at radius 2 is 2.22 bits per heavy atom. The van der Waals surface area contributed by atoms with E-state index >= 15 is 0 Å². The summed E-state index contributed by atoms with van der Waals surface area (Å²) < 4.78 is 30.9. The molecule has 1 heterocycles. The molecule has 0 aromatic heterocycles. The molecule has 0 bridgehead atoms. The predicted molar refractivity (Wildman–Crippen MR) is 77.4 cm³/mol. The Hall–Kier alpha value is -0.240. The fourth-order valence-corrected chi connectivity index (χ4v) is 5.25. The van der Waals surface area contributed by atoms with Crippen molar-refractivity contribution in [2.75, 3.05) is 25.7 Å². The van der Waals surface area contributed by atoms with Gasteiger partial charge in [-0.05, 0) is 33.6 Å². The van der Waals surface area contributed by atoms with Crippen LogP contribution in [0, 0.1) is 0 Å². The van der Waals surface area contributed by atoms with E-state index in [1.165, 1.54) is 10.6 Å². The first kappa shape index (κ1) is 14.2. The minimum atomic E-state index is -3.16. The smallest absolute Gasteiger partial charge is 0.212 e. The molecule has 7 heteroatoms. The molecule has 0 aliphatic carbocycles. The molecule has 0 unspecified atom stereocenters. The first-order valence-electron chi connectivity index (χ1n) is 5.35. The van der Waals surface area contributed by atoms with Crippen LogP contribution in [0.5, 0.6) is 5.75 Å². The van der Waals surface area contributed by atoms with Crippen molar-refractivity contribution in [2.45, 2.75) is 5.37 Å². The molecule has 4 nitrogen and oxygen atoms in total. The highest BCUT2D eigenvalue weighted by Crippen LogP contribution is 2.41. The van der Waals surface area contributed by atoms with Crippen LogP contribution >= 0.6 is 27.7 Å². The second kappa shape index (κ2) is 5.40. The molecule has 1 aliphatic rings. The van der Waals surface area contributed by atoms with Gasteiger partial charge in [0.25, 0.3) is 0 Å². The maximum atomic E-state index is 11.7. The van der Waals surface area contributed by atoms with Crippen molar-refractivity contribution in [3.8, 4) is 5.75 Å². The zero-order chi connectivity index (χ0) is 13.3. The van der Waals surface area contributed by atoms with Gasteiger partial charge < -0.3 is 4.74 Å². The van der Waals surface area contributed by atoms with E-state index in [1.54, 1.807) is 18.9 Å².